The molecular weight excluding hydrogens is 138 g/mol. The zero-order chi connectivity index (χ0) is 6.85. The van der Waals surface area contributed by atoms with Gasteiger partial charge in [-0.1, -0.05) is 0 Å². The predicted molar refractivity (Wildman–Crippen MR) is 34.3 cm³/mol. The van der Waals surface area contributed by atoms with E-state index in [2.05, 4.69) is 0 Å². The summed E-state index contributed by atoms with van der Waals surface area (Å²) in [5.41, 5.74) is 0. The van der Waals surface area contributed by atoms with Crippen LogP contribution in [-0.2, 0) is 11.3 Å². The molecule has 0 aliphatic carbocycles. The van der Waals surface area contributed by atoms with Gasteiger partial charge in [0, 0.05) is 23.9 Å². The summed E-state index contributed by atoms with van der Waals surface area (Å²) in [4.78, 5) is 0. The lowest BCUT2D eigenvalue weighted by atomic mass is 10.3. The zero-order valence-corrected chi connectivity index (χ0v) is 6.19. The molecule has 1 saturated heterocycles. The summed E-state index contributed by atoms with van der Waals surface area (Å²) in [7, 11) is 0. The Labute approximate surface area is 57.5 Å². The van der Waals surface area contributed by atoms with Gasteiger partial charge in [0.1, 0.15) is 0 Å². The second-order valence-corrected chi connectivity index (χ2v) is 3.25. The van der Waals surface area contributed by atoms with Gasteiger partial charge >= 0.3 is 0 Å². The Morgan fingerprint density at radius 2 is 2.44 bits per heavy atom. The highest BCUT2D eigenvalue weighted by Crippen LogP contribution is 2.16. The van der Waals surface area contributed by atoms with E-state index in [0.717, 1.165) is 12.8 Å². The molecule has 1 rings (SSSR count). The molecule has 0 amide bonds. The Balaban J connectivity index is 2.49. The van der Waals surface area contributed by atoms with Crippen LogP contribution in [0.5, 0.6) is 0 Å². The summed E-state index contributed by atoms with van der Waals surface area (Å²) >= 11 is -1.99. The maximum absolute atomic E-state index is 10.3. The Morgan fingerprint density at radius 1 is 1.78 bits per heavy atom. The van der Waals surface area contributed by atoms with Crippen molar-refractivity contribution in [2.75, 3.05) is 6.54 Å². The minimum atomic E-state index is -1.99. The Bertz CT molecular complexity index is 128. The lowest BCUT2D eigenvalue weighted by Crippen LogP contribution is -2.28. The van der Waals surface area contributed by atoms with Gasteiger partial charge in [0.05, 0.1) is 0 Å². The Hall–Kier alpha value is 0.0700. The quantitative estimate of drug-likeness (QED) is 0.501. The first-order valence-electron chi connectivity index (χ1n) is 3.08. The smallest absolute Gasteiger partial charge is 0.0211 e. The topological polar surface area (TPSA) is 43.4 Å². The molecule has 4 heteroatoms. The fourth-order valence-electron chi connectivity index (χ4n) is 1.13. The number of nitrogens with zero attached hydrogens (tertiary/aromatic N) is 1. The molecule has 1 fully saturated rings. The van der Waals surface area contributed by atoms with Crippen molar-refractivity contribution in [3.8, 4) is 0 Å². The molecule has 0 aromatic carbocycles. The van der Waals surface area contributed by atoms with Crippen molar-refractivity contribution in [1.82, 2.24) is 4.31 Å². The average molecular weight is 148 g/mol. The van der Waals surface area contributed by atoms with Crippen LogP contribution in [-0.4, -0.2) is 25.7 Å². The molecule has 54 valence electrons. The third-order valence-electron chi connectivity index (χ3n) is 1.68. The predicted octanol–water partition coefficient (Wildman–Crippen LogP) is 0.265. The molecule has 1 heterocycles. The Kier molecular flexibility index (Phi) is 2.21. The fraction of sp³-hybridized carbons (Fsp3) is 1.00. The van der Waals surface area contributed by atoms with Crippen molar-refractivity contribution >= 4 is 11.3 Å². The van der Waals surface area contributed by atoms with Gasteiger partial charge in [-0.15, -0.1) is 0 Å². The average Bonchev–Trinajstić information content (AvgIpc) is 2.13. The van der Waals surface area contributed by atoms with E-state index in [1.165, 1.54) is 4.31 Å². The van der Waals surface area contributed by atoms with Gasteiger partial charge < -0.3 is 4.55 Å². The first-order chi connectivity index (χ1) is 4.22. The molecule has 3 nitrogen and oxygen atoms in total. The molecule has 1 aliphatic rings. The first kappa shape index (κ1) is 7.18. The van der Waals surface area contributed by atoms with Crippen molar-refractivity contribution < 1.29 is 8.76 Å². The standard InChI is InChI=1S/C5H11NO2S/c1-5-3-2-4-6(5)9(7)8/h5H,2-4H2,1H3,(H,7,8)/p-1. The van der Waals surface area contributed by atoms with Gasteiger partial charge in [-0.2, -0.15) is 0 Å². The summed E-state index contributed by atoms with van der Waals surface area (Å²) in [5.74, 6) is 0. The highest BCUT2D eigenvalue weighted by molar-refractivity contribution is 7.76. The monoisotopic (exact) mass is 148 g/mol. The molecule has 1 aliphatic heterocycles. The summed E-state index contributed by atoms with van der Waals surface area (Å²) in [6, 6.07) is 0.225. The van der Waals surface area contributed by atoms with E-state index in [1.54, 1.807) is 0 Å². The number of rotatable bonds is 1. The van der Waals surface area contributed by atoms with Gasteiger partial charge in [0.15, 0.2) is 0 Å². The molecule has 0 bridgehead atoms. The van der Waals surface area contributed by atoms with Gasteiger partial charge in [-0.25, -0.2) is 4.31 Å². The molecule has 2 unspecified atom stereocenters. The van der Waals surface area contributed by atoms with E-state index in [9.17, 15) is 8.76 Å². The molecule has 0 radical (unpaired) electrons. The third-order valence-corrected chi connectivity index (χ3v) is 2.61. The summed E-state index contributed by atoms with van der Waals surface area (Å²) < 4.78 is 22.2. The molecule has 0 spiro atoms. The lowest BCUT2D eigenvalue weighted by molar-refractivity contribution is 0.385. The molecule has 0 aromatic rings. The number of hydrogen-bond acceptors (Lipinski definition) is 2. The third kappa shape index (κ3) is 1.50. The van der Waals surface area contributed by atoms with E-state index in [4.69, 9.17) is 0 Å². The van der Waals surface area contributed by atoms with Crippen LogP contribution >= 0.6 is 0 Å². The molecule has 0 aromatic heterocycles. The molecule has 0 N–H and O–H groups in total. The van der Waals surface area contributed by atoms with Crippen LogP contribution in [0.3, 0.4) is 0 Å². The van der Waals surface area contributed by atoms with Crippen molar-refractivity contribution in [2.24, 2.45) is 0 Å². The van der Waals surface area contributed by atoms with Gasteiger partial charge in [0.2, 0.25) is 0 Å². The summed E-state index contributed by atoms with van der Waals surface area (Å²) in [6.07, 6.45) is 2.02. The first-order valence-corrected chi connectivity index (χ1v) is 4.11. The molecular formula is C5H10NO2S-. The van der Waals surface area contributed by atoms with E-state index in [-0.39, 0.29) is 6.04 Å². The molecule has 2 atom stereocenters. The maximum Gasteiger partial charge on any atom is 0.0211 e. The molecule has 9 heavy (non-hydrogen) atoms. The van der Waals surface area contributed by atoms with Gasteiger partial charge in [-0.3, -0.25) is 4.21 Å². The fourth-order valence-corrected chi connectivity index (χ4v) is 1.81. The minimum absolute atomic E-state index is 0.225. The maximum atomic E-state index is 10.3. The van der Waals surface area contributed by atoms with Crippen LogP contribution in [0.25, 0.3) is 0 Å². The van der Waals surface area contributed by atoms with Crippen LogP contribution in [0, 0.1) is 0 Å². The minimum Gasteiger partial charge on any atom is -0.760 e. The second-order valence-electron chi connectivity index (χ2n) is 2.35. The van der Waals surface area contributed by atoms with Crippen molar-refractivity contribution in [3.63, 3.8) is 0 Å². The van der Waals surface area contributed by atoms with Crippen LogP contribution in [0.4, 0.5) is 0 Å². The van der Waals surface area contributed by atoms with E-state index < -0.39 is 11.3 Å². The highest BCUT2D eigenvalue weighted by Gasteiger charge is 2.19. The van der Waals surface area contributed by atoms with Crippen LogP contribution in [0.1, 0.15) is 19.8 Å². The zero-order valence-electron chi connectivity index (χ0n) is 5.37. The summed E-state index contributed by atoms with van der Waals surface area (Å²) in [5, 5.41) is 0. The van der Waals surface area contributed by atoms with E-state index in [1.807, 2.05) is 6.92 Å². The normalized spacial score (nSPS) is 32.9. The number of hydrogen-bond donors (Lipinski definition) is 0. The van der Waals surface area contributed by atoms with Crippen LogP contribution in [0.15, 0.2) is 0 Å². The van der Waals surface area contributed by atoms with Gasteiger partial charge in [0.25, 0.3) is 0 Å². The van der Waals surface area contributed by atoms with Crippen molar-refractivity contribution in [3.05, 3.63) is 0 Å². The highest BCUT2D eigenvalue weighted by atomic mass is 32.2. The Morgan fingerprint density at radius 3 is 2.67 bits per heavy atom. The molecule has 0 saturated carbocycles. The van der Waals surface area contributed by atoms with Crippen molar-refractivity contribution in [2.45, 2.75) is 25.8 Å². The lowest BCUT2D eigenvalue weighted by Gasteiger charge is -2.22. The van der Waals surface area contributed by atoms with Gasteiger partial charge in [-0.05, 0) is 19.8 Å². The van der Waals surface area contributed by atoms with E-state index in [0.29, 0.717) is 6.54 Å². The summed E-state index contributed by atoms with van der Waals surface area (Å²) in [6.45, 7) is 2.64. The van der Waals surface area contributed by atoms with Crippen LogP contribution < -0.4 is 0 Å². The van der Waals surface area contributed by atoms with E-state index >= 15 is 0 Å². The van der Waals surface area contributed by atoms with Crippen LogP contribution in [0.2, 0.25) is 0 Å². The second kappa shape index (κ2) is 2.77. The SMILES string of the molecule is CC1CCCN1S(=O)[O-]. The van der Waals surface area contributed by atoms with Crippen molar-refractivity contribution in [1.29, 1.82) is 0 Å². The largest absolute Gasteiger partial charge is 0.760 e.